The maximum Gasteiger partial charge on any atom is 0.410 e. The molecule has 2 unspecified atom stereocenters. The van der Waals surface area contributed by atoms with Crippen molar-refractivity contribution in [3.8, 4) is 0 Å². The monoisotopic (exact) mass is 459 g/mol. The normalized spacial score (nSPS) is 24.5. The van der Waals surface area contributed by atoms with Crippen molar-refractivity contribution in [1.82, 2.24) is 14.7 Å². The number of piperidine rings is 1. The number of piperazine rings is 1. The Morgan fingerprint density at radius 1 is 0.970 bits per heavy atom. The van der Waals surface area contributed by atoms with Crippen LogP contribution in [0.15, 0.2) is 30.3 Å². The van der Waals surface area contributed by atoms with E-state index in [1.807, 2.05) is 60.9 Å². The fraction of sp³-hybridized carbons (Fsp3) is 0.680. The molecule has 4 rings (SSSR count). The molecule has 0 aromatic heterocycles. The van der Waals surface area contributed by atoms with Crippen LogP contribution in [-0.4, -0.2) is 90.5 Å². The van der Waals surface area contributed by atoms with Crippen LogP contribution in [0.5, 0.6) is 0 Å². The minimum atomic E-state index is -0.490. The van der Waals surface area contributed by atoms with Crippen LogP contribution in [0, 0.1) is 5.92 Å². The van der Waals surface area contributed by atoms with Gasteiger partial charge in [-0.2, -0.15) is 0 Å². The molecule has 2 amide bonds. The highest BCUT2D eigenvalue weighted by atomic mass is 16.6. The molecule has 1 aromatic rings. The Hall–Kier alpha value is -2.32. The molecule has 0 saturated carbocycles. The van der Waals surface area contributed by atoms with Crippen LogP contribution in [0.25, 0.3) is 0 Å². The highest BCUT2D eigenvalue weighted by Crippen LogP contribution is 2.27. The lowest BCUT2D eigenvalue weighted by Gasteiger charge is -2.51. The number of morpholine rings is 1. The summed E-state index contributed by atoms with van der Waals surface area (Å²) >= 11 is 0. The van der Waals surface area contributed by atoms with E-state index in [2.05, 4.69) is 4.90 Å². The molecule has 0 aliphatic carbocycles. The zero-order valence-electron chi connectivity index (χ0n) is 20.1. The van der Waals surface area contributed by atoms with Gasteiger partial charge in [0.2, 0.25) is 0 Å². The van der Waals surface area contributed by atoms with Crippen molar-refractivity contribution >= 4 is 12.2 Å². The number of carbonyl (C=O) groups is 2. The predicted molar refractivity (Wildman–Crippen MR) is 124 cm³/mol. The van der Waals surface area contributed by atoms with E-state index in [9.17, 15) is 9.59 Å². The molecule has 3 aliphatic heterocycles. The molecule has 2 atom stereocenters. The minimum Gasteiger partial charge on any atom is -0.445 e. The second-order valence-electron chi connectivity index (χ2n) is 10.4. The van der Waals surface area contributed by atoms with Crippen molar-refractivity contribution in [2.75, 3.05) is 45.9 Å². The molecule has 3 saturated heterocycles. The van der Waals surface area contributed by atoms with E-state index < -0.39 is 5.60 Å². The Morgan fingerprint density at radius 2 is 1.61 bits per heavy atom. The summed E-state index contributed by atoms with van der Waals surface area (Å²) in [5.74, 6) is 0.527. The van der Waals surface area contributed by atoms with Crippen LogP contribution in [0.2, 0.25) is 0 Å². The summed E-state index contributed by atoms with van der Waals surface area (Å²) in [6.07, 6.45) is 1.47. The van der Waals surface area contributed by atoms with E-state index >= 15 is 0 Å². The van der Waals surface area contributed by atoms with Crippen LogP contribution in [0.3, 0.4) is 0 Å². The van der Waals surface area contributed by atoms with Crippen molar-refractivity contribution in [2.24, 2.45) is 5.92 Å². The van der Waals surface area contributed by atoms with Crippen LogP contribution >= 0.6 is 0 Å². The number of hydrogen-bond donors (Lipinski definition) is 0. The van der Waals surface area contributed by atoms with E-state index in [-0.39, 0.29) is 24.3 Å². The van der Waals surface area contributed by atoms with Gasteiger partial charge in [0.1, 0.15) is 12.2 Å². The first-order chi connectivity index (χ1) is 15.8. The lowest BCUT2D eigenvalue weighted by atomic mass is 9.93. The molecular formula is C25H37N3O5. The van der Waals surface area contributed by atoms with Crippen molar-refractivity contribution in [2.45, 2.75) is 57.9 Å². The van der Waals surface area contributed by atoms with Crippen LogP contribution < -0.4 is 0 Å². The quantitative estimate of drug-likeness (QED) is 0.688. The maximum atomic E-state index is 12.6. The zero-order chi connectivity index (χ0) is 23.4. The number of carbonyl (C=O) groups excluding carboxylic acids is 2. The van der Waals surface area contributed by atoms with Crippen molar-refractivity contribution in [1.29, 1.82) is 0 Å². The summed E-state index contributed by atoms with van der Waals surface area (Å²) in [4.78, 5) is 31.2. The van der Waals surface area contributed by atoms with Gasteiger partial charge in [-0.25, -0.2) is 9.59 Å². The number of amides is 2. The molecule has 8 nitrogen and oxygen atoms in total. The molecule has 0 spiro atoms. The third kappa shape index (κ3) is 6.38. The highest BCUT2D eigenvalue weighted by molar-refractivity contribution is 5.68. The second-order valence-corrected chi connectivity index (χ2v) is 10.4. The summed E-state index contributed by atoms with van der Waals surface area (Å²) in [7, 11) is 0. The molecule has 182 valence electrons. The van der Waals surface area contributed by atoms with Gasteiger partial charge in [-0.05, 0) is 45.1 Å². The largest absolute Gasteiger partial charge is 0.445 e. The van der Waals surface area contributed by atoms with E-state index in [0.717, 1.165) is 38.0 Å². The van der Waals surface area contributed by atoms with Gasteiger partial charge < -0.3 is 24.0 Å². The molecular weight excluding hydrogens is 422 g/mol. The Morgan fingerprint density at radius 3 is 2.21 bits per heavy atom. The number of rotatable bonds is 4. The number of ether oxygens (including phenoxy) is 3. The van der Waals surface area contributed by atoms with E-state index in [0.29, 0.717) is 38.8 Å². The summed E-state index contributed by atoms with van der Waals surface area (Å²) < 4.78 is 16.9. The molecule has 1 aromatic carbocycles. The van der Waals surface area contributed by atoms with Gasteiger partial charge in [0, 0.05) is 32.7 Å². The first-order valence-electron chi connectivity index (χ1n) is 12.1. The van der Waals surface area contributed by atoms with Gasteiger partial charge in [-0.15, -0.1) is 0 Å². The first-order valence-corrected chi connectivity index (χ1v) is 12.1. The van der Waals surface area contributed by atoms with Gasteiger partial charge in [0.25, 0.3) is 0 Å². The first kappa shape index (κ1) is 23.8. The molecule has 0 N–H and O–H groups in total. The van der Waals surface area contributed by atoms with Crippen LogP contribution in [-0.2, 0) is 20.8 Å². The van der Waals surface area contributed by atoms with E-state index in [1.54, 1.807) is 0 Å². The average Bonchev–Trinajstić information content (AvgIpc) is 2.77. The Bertz CT molecular complexity index is 790. The average molecular weight is 460 g/mol. The smallest absolute Gasteiger partial charge is 0.410 e. The molecule has 33 heavy (non-hydrogen) atoms. The standard InChI is InChI=1S/C25H37N3O5/c1-25(2,3)33-24(30)27-14-21-17-31-18-22(15-27)28(21)13-19-9-11-26(12-10-19)23(29)32-16-20-7-5-4-6-8-20/h4-8,19,21-22H,9-18H2,1-3H3. The van der Waals surface area contributed by atoms with Crippen LogP contribution in [0.4, 0.5) is 9.59 Å². The fourth-order valence-corrected chi connectivity index (χ4v) is 4.91. The van der Waals surface area contributed by atoms with E-state index in [1.165, 1.54) is 0 Å². The Labute approximate surface area is 196 Å². The molecule has 0 radical (unpaired) electrons. The SMILES string of the molecule is CC(C)(C)OC(=O)N1CC2COCC(C1)N2CC1CCN(C(=O)OCc2ccccc2)CC1. The van der Waals surface area contributed by atoms with Crippen LogP contribution in [0.1, 0.15) is 39.2 Å². The minimum absolute atomic E-state index is 0.193. The highest BCUT2D eigenvalue weighted by Gasteiger charge is 2.42. The second kappa shape index (κ2) is 10.3. The number of fused-ring (bicyclic) bond motifs is 2. The molecule has 3 heterocycles. The summed E-state index contributed by atoms with van der Waals surface area (Å²) in [6, 6.07) is 10.2. The van der Waals surface area contributed by atoms with Gasteiger partial charge in [0.05, 0.1) is 25.3 Å². The third-order valence-corrected chi connectivity index (χ3v) is 6.62. The third-order valence-electron chi connectivity index (χ3n) is 6.62. The lowest BCUT2D eigenvalue weighted by molar-refractivity contribution is -0.104. The number of benzene rings is 1. The van der Waals surface area contributed by atoms with Crippen molar-refractivity contribution < 1.29 is 23.8 Å². The molecule has 3 aliphatic rings. The van der Waals surface area contributed by atoms with Gasteiger partial charge in [0.15, 0.2) is 0 Å². The van der Waals surface area contributed by atoms with Crippen molar-refractivity contribution in [3.63, 3.8) is 0 Å². The summed E-state index contributed by atoms with van der Waals surface area (Å²) in [6.45, 7) is 11.0. The van der Waals surface area contributed by atoms with Crippen molar-refractivity contribution in [3.05, 3.63) is 35.9 Å². The lowest BCUT2D eigenvalue weighted by Crippen LogP contribution is -2.66. The number of nitrogens with zero attached hydrogens (tertiary/aromatic N) is 3. The van der Waals surface area contributed by atoms with E-state index in [4.69, 9.17) is 14.2 Å². The Balaban J connectivity index is 1.24. The number of likely N-dealkylation sites (tertiary alicyclic amines) is 1. The van der Waals surface area contributed by atoms with Gasteiger partial charge in [-0.1, -0.05) is 30.3 Å². The predicted octanol–water partition coefficient (Wildman–Crippen LogP) is 3.36. The molecule has 2 bridgehead atoms. The van der Waals surface area contributed by atoms with Gasteiger partial charge >= 0.3 is 12.2 Å². The number of hydrogen-bond acceptors (Lipinski definition) is 6. The summed E-state index contributed by atoms with van der Waals surface area (Å²) in [5.41, 5.74) is 0.510. The zero-order valence-corrected chi connectivity index (χ0v) is 20.1. The fourth-order valence-electron chi connectivity index (χ4n) is 4.91. The summed E-state index contributed by atoms with van der Waals surface area (Å²) in [5, 5.41) is 0. The van der Waals surface area contributed by atoms with Gasteiger partial charge in [-0.3, -0.25) is 4.90 Å². The maximum absolute atomic E-state index is 12.6. The topological polar surface area (TPSA) is 71.5 Å². The Kier molecular flexibility index (Phi) is 7.44. The molecule has 8 heteroatoms. The molecule has 3 fully saturated rings.